The molecule has 0 spiro atoms. The molecule has 2 heterocycles. The van der Waals surface area contributed by atoms with Crippen LogP contribution in [0.4, 0.5) is 4.39 Å². The van der Waals surface area contributed by atoms with Gasteiger partial charge in [0.25, 0.3) is 0 Å². The molecule has 0 radical (unpaired) electrons. The maximum absolute atomic E-state index is 13.3. The summed E-state index contributed by atoms with van der Waals surface area (Å²) in [4.78, 5) is 12.1. The minimum absolute atomic E-state index is 0.0547. The smallest absolute Gasteiger partial charge is 0.239 e. The van der Waals surface area contributed by atoms with Crippen molar-refractivity contribution < 1.29 is 24.1 Å². The van der Waals surface area contributed by atoms with Crippen LogP contribution in [0.15, 0.2) is 30.5 Å². The lowest BCUT2D eigenvalue weighted by Crippen LogP contribution is -2.48. The Morgan fingerprint density at radius 2 is 2.17 bits per heavy atom. The van der Waals surface area contributed by atoms with Gasteiger partial charge in [-0.25, -0.2) is 4.39 Å². The lowest BCUT2D eigenvalue weighted by atomic mass is 9.96. The lowest BCUT2D eigenvalue weighted by molar-refractivity contribution is -0.128. The molecular formula is C16H19FN2O4. The molecule has 1 saturated heterocycles. The molecule has 1 fully saturated rings. The summed E-state index contributed by atoms with van der Waals surface area (Å²) in [5.41, 5.74) is 0.650. The first-order valence-electron chi connectivity index (χ1n) is 7.49. The number of halogens is 1. The van der Waals surface area contributed by atoms with Crippen LogP contribution in [0.25, 0.3) is 10.9 Å². The number of aromatic nitrogens is 1. The molecule has 1 aliphatic heterocycles. The van der Waals surface area contributed by atoms with Gasteiger partial charge in [0.2, 0.25) is 5.91 Å². The number of carbonyl (C=O) groups excluding carboxylic acids is 1. The Hall–Kier alpha value is -1.96. The Balaban J connectivity index is 1.59. The fraction of sp³-hybridized carbons (Fsp3) is 0.438. The number of carbonyl (C=O) groups is 1. The van der Waals surface area contributed by atoms with E-state index in [0.29, 0.717) is 5.52 Å². The number of ether oxygens (including phenoxy) is 1. The minimum atomic E-state index is -0.929. The van der Waals surface area contributed by atoms with Gasteiger partial charge in [-0.1, -0.05) is 0 Å². The maximum Gasteiger partial charge on any atom is 0.239 e. The van der Waals surface area contributed by atoms with E-state index in [-0.39, 0.29) is 43.9 Å². The Morgan fingerprint density at radius 3 is 3.00 bits per heavy atom. The number of rotatable bonds is 4. The zero-order chi connectivity index (χ0) is 16.4. The summed E-state index contributed by atoms with van der Waals surface area (Å²) in [5.74, 6) is -0.949. The fourth-order valence-corrected chi connectivity index (χ4v) is 2.78. The standard InChI is InChI=1S/C16H19FN2O4/c17-12-2-1-10-3-4-19(13(10)5-12)7-15(21)18-6-11-8-23-9-14(20)16(11)22/h1-5,11,14,16,20,22H,6-9H2,(H,18,21)/t11-,14-,16+/m1/s1. The number of nitrogens with one attached hydrogen (secondary N) is 1. The third-order valence-electron chi connectivity index (χ3n) is 4.11. The van der Waals surface area contributed by atoms with Crippen molar-refractivity contribution in [2.75, 3.05) is 19.8 Å². The second-order valence-electron chi connectivity index (χ2n) is 5.81. The number of hydrogen-bond donors (Lipinski definition) is 3. The van der Waals surface area contributed by atoms with Crippen molar-refractivity contribution in [2.45, 2.75) is 18.8 Å². The number of fused-ring (bicyclic) bond motifs is 1. The van der Waals surface area contributed by atoms with Gasteiger partial charge < -0.3 is 24.8 Å². The molecule has 1 aromatic carbocycles. The Kier molecular flexibility index (Phi) is 4.61. The van der Waals surface area contributed by atoms with Crippen molar-refractivity contribution in [2.24, 2.45) is 5.92 Å². The second-order valence-corrected chi connectivity index (χ2v) is 5.81. The highest BCUT2D eigenvalue weighted by atomic mass is 19.1. The van der Waals surface area contributed by atoms with E-state index in [1.165, 1.54) is 12.1 Å². The Bertz CT molecular complexity index is 702. The molecule has 6 nitrogen and oxygen atoms in total. The van der Waals surface area contributed by atoms with Crippen LogP contribution in [0, 0.1) is 11.7 Å². The van der Waals surface area contributed by atoms with Crippen LogP contribution < -0.4 is 5.32 Å². The van der Waals surface area contributed by atoms with E-state index in [2.05, 4.69) is 5.32 Å². The Morgan fingerprint density at radius 1 is 1.35 bits per heavy atom. The van der Waals surface area contributed by atoms with Crippen LogP contribution in [0.2, 0.25) is 0 Å². The van der Waals surface area contributed by atoms with Gasteiger partial charge in [-0.2, -0.15) is 0 Å². The summed E-state index contributed by atoms with van der Waals surface area (Å²) in [5, 5.41) is 23.0. The van der Waals surface area contributed by atoms with Crippen molar-refractivity contribution >= 4 is 16.8 Å². The van der Waals surface area contributed by atoms with Crippen LogP contribution in [-0.4, -0.2) is 52.7 Å². The normalized spacial score (nSPS) is 24.7. The highest BCUT2D eigenvalue weighted by Crippen LogP contribution is 2.17. The molecule has 3 rings (SSSR count). The van der Waals surface area contributed by atoms with E-state index in [1.54, 1.807) is 16.8 Å². The quantitative estimate of drug-likeness (QED) is 0.754. The molecule has 3 N–H and O–H groups in total. The number of aliphatic hydroxyl groups is 2. The van der Waals surface area contributed by atoms with Gasteiger partial charge in [-0.05, 0) is 29.7 Å². The highest BCUT2D eigenvalue weighted by molar-refractivity contribution is 5.83. The molecule has 124 valence electrons. The summed E-state index contributed by atoms with van der Waals surface area (Å²) in [7, 11) is 0. The molecule has 0 unspecified atom stereocenters. The van der Waals surface area contributed by atoms with Crippen LogP contribution in [0.5, 0.6) is 0 Å². The molecule has 7 heteroatoms. The van der Waals surface area contributed by atoms with Crippen LogP contribution in [0.3, 0.4) is 0 Å². The molecule has 1 aromatic heterocycles. The zero-order valence-electron chi connectivity index (χ0n) is 12.5. The van der Waals surface area contributed by atoms with Crippen LogP contribution in [-0.2, 0) is 16.1 Å². The number of amides is 1. The fourth-order valence-electron chi connectivity index (χ4n) is 2.78. The highest BCUT2D eigenvalue weighted by Gasteiger charge is 2.31. The molecule has 0 bridgehead atoms. The third kappa shape index (κ3) is 3.52. The molecule has 0 saturated carbocycles. The lowest BCUT2D eigenvalue weighted by Gasteiger charge is -2.31. The van der Waals surface area contributed by atoms with Gasteiger partial charge in [0.05, 0.1) is 24.8 Å². The van der Waals surface area contributed by atoms with Gasteiger partial charge in [0, 0.05) is 18.7 Å². The van der Waals surface area contributed by atoms with Crippen molar-refractivity contribution in [1.29, 1.82) is 0 Å². The van der Waals surface area contributed by atoms with Gasteiger partial charge in [0.15, 0.2) is 0 Å². The van der Waals surface area contributed by atoms with Crippen LogP contribution in [0.1, 0.15) is 0 Å². The molecule has 3 atom stereocenters. The predicted octanol–water partition coefficient (Wildman–Crippen LogP) is 0.265. The molecular weight excluding hydrogens is 303 g/mol. The van der Waals surface area contributed by atoms with E-state index < -0.39 is 12.2 Å². The second kappa shape index (κ2) is 6.66. The van der Waals surface area contributed by atoms with E-state index in [1.807, 2.05) is 6.07 Å². The third-order valence-corrected chi connectivity index (χ3v) is 4.11. The number of nitrogens with zero attached hydrogens (tertiary/aromatic N) is 1. The van der Waals surface area contributed by atoms with Crippen LogP contribution >= 0.6 is 0 Å². The van der Waals surface area contributed by atoms with E-state index in [0.717, 1.165) is 5.39 Å². The van der Waals surface area contributed by atoms with Crippen molar-refractivity contribution in [3.05, 3.63) is 36.3 Å². The zero-order valence-corrected chi connectivity index (χ0v) is 12.5. The average molecular weight is 322 g/mol. The summed E-state index contributed by atoms with van der Waals surface area (Å²) in [6.45, 7) is 0.659. The topological polar surface area (TPSA) is 83.7 Å². The first-order valence-corrected chi connectivity index (χ1v) is 7.49. The summed E-state index contributed by atoms with van der Waals surface area (Å²) in [6.07, 6.45) is -0.112. The minimum Gasteiger partial charge on any atom is -0.390 e. The van der Waals surface area contributed by atoms with E-state index in [9.17, 15) is 19.4 Å². The van der Waals surface area contributed by atoms with Gasteiger partial charge in [0.1, 0.15) is 18.5 Å². The maximum atomic E-state index is 13.3. The van der Waals surface area contributed by atoms with Gasteiger partial charge in [-0.3, -0.25) is 4.79 Å². The summed E-state index contributed by atoms with van der Waals surface area (Å²) >= 11 is 0. The first-order chi connectivity index (χ1) is 11.0. The Labute approximate surface area is 132 Å². The summed E-state index contributed by atoms with van der Waals surface area (Å²) < 4.78 is 20.2. The van der Waals surface area contributed by atoms with Crippen molar-refractivity contribution in [3.8, 4) is 0 Å². The monoisotopic (exact) mass is 322 g/mol. The van der Waals surface area contributed by atoms with Gasteiger partial charge in [-0.15, -0.1) is 0 Å². The molecule has 23 heavy (non-hydrogen) atoms. The average Bonchev–Trinajstić information content (AvgIpc) is 2.91. The predicted molar refractivity (Wildman–Crippen MR) is 81.2 cm³/mol. The number of benzene rings is 1. The number of hydrogen-bond acceptors (Lipinski definition) is 4. The molecule has 1 amide bonds. The van der Waals surface area contributed by atoms with E-state index in [4.69, 9.17) is 4.74 Å². The number of aliphatic hydroxyl groups excluding tert-OH is 2. The van der Waals surface area contributed by atoms with Crippen molar-refractivity contribution in [1.82, 2.24) is 9.88 Å². The molecule has 1 aliphatic rings. The van der Waals surface area contributed by atoms with Gasteiger partial charge >= 0.3 is 0 Å². The molecule has 0 aliphatic carbocycles. The van der Waals surface area contributed by atoms with Crippen molar-refractivity contribution in [3.63, 3.8) is 0 Å². The SMILES string of the molecule is O=C(Cn1ccc2ccc(F)cc21)NC[C@@H]1COC[C@@H](O)[C@H]1O. The van der Waals surface area contributed by atoms with E-state index >= 15 is 0 Å². The largest absolute Gasteiger partial charge is 0.390 e. The summed E-state index contributed by atoms with van der Waals surface area (Å²) in [6, 6.07) is 6.24. The first kappa shape index (κ1) is 15.9. The molecule has 2 aromatic rings.